The van der Waals surface area contributed by atoms with Crippen LogP contribution >= 0.6 is 0 Å². The molecule has 0 radical (unpaired) electrons. The zero-order chi connectivity index (χ0) is 5.11. The SMILES string of the molecule is [CH2-]c1ccncc1.[Pt]. The molecule has 0 saturated carbocycles. The first kappa shape index (κ1) is 7.71. The minimum absolute atomic E-state index is 0. The van der Waals surface area contributed by atoms with Gasteiger partial charge in [0, 0.05) is 21.1 Å². The number of rotatable bonds is 0. The van der Waals surface area contributed by atoms with Crippen LogP contribution in [-0.2, 0) is 21.1 Å². The molecule has 0 atom stereocenters. The third-order valence-corrected chi connectivity index (χ3v) is 0.749. The summed E-state index contributed by atoms with van der Waals surface area (Å²) in [5.41, 5.74) is 1.01. The van der Waals surface area contributed by atoms with Crippen LogP contribution in [-0.4, -0.2) is 4.98 Å². The number of pyridine rings is 1. The van der Waals surface area contributed by atoms with Gasteiger partial charge in [-0.15, -0.1) is 12.1 Å². The van der Waals surface area contributed by atoms with Crippen LogP contribution in [0, 0.1) is 6.92 Å². The van der Waals surface area contributed by atoms with Gasteiger partial charge in [0.2, 0.25) is 0 Å². The van der Waals surface area contributed by atoms with Crippen LogP contribution in [0.5, 0.6) is 0 Å². The standard InChI is InChI=1S/C6H6N.Pt/c1-6-2-4-7-5-3-6;/h2-5H,1H2;/q-1;. The average molecular weight is 287 g/mol. The smallest absolute Gasteiger partial charge is 0 e. The van der Waals surface area contributed by atoms with E-state index in [0.717, 1.165) is 5.56 Å². The topological polar surface area (TPSA) is 12.9 Å². The largest absolute Gasteiger partial charge is 0.291 e. The fourth-order valence-corrected chi connectivity index (χ4v) is 0.383. The average Bonchev–Trinajstić information content (AvgIpc) is 1.69. The van der Waals surface area contributed by atoms with E-state index < -0.39 is 0 Å². The van der Waals surface area contributed by atoms with Crippen LogP contribution in [0.15, 0.2) is 24.5 Å². The van der Waals surface area contributed by atoms with Crippen molar-refractivity contribution in [3.63, 3.8) is 0 Å². The van der Waals surface area contributed by atoms with E-state index >= 15 is 0 Å². The van der Waals surface area contributed by atoms with Crippen molar-refractivity contribution in [3.8, 4) is 0 Å². The van der Waals surface area contributed by atoms with Crippen LogP contribution in [0.2, 0.25) is 0 Å². The zero-order valence-corrected chi connectivity index (χ0v) is 6.55. The van der Waals surface area contributed by atoms with Crippen molar-refractivity contribution in [2.45, 2.75) is 0 Å². The Bertz CT molecular complexity index is 138. The molecule has 0 bridgehead atoms. The molecule has 0 aliphatic rings. The van der Waals surface area contributed by atoms with Crippen molar-refractivity contribution in [1.29, 1.82) is 0 Å². The molecule has 1 rings (SSSR count). The molecule has 0 spiro atoms. The number of nitrogens with zero attached hydrogens (tertiary/aromatic N) is 1. The molecular weight excluding hydrogens is 281 g/mol. The molecule has 46 valence electrons. The first-order valence-electron chi connectivity index (χ1n) is 2.11. The van der Waals surface area contributed by atoms with Gasteiger partial charge in [-0.2, -0.15) is 12.5 Å². The molecule has 0 N–H and O–H groups in total. The molecule has 0 aliphatic carbocycles. The summed E-state index contributed by atoms with van der Waals surface area (Å²) in [6.07, 6.45) is 3.45. The monoisotopic (exact) mass is 287 g/mol. The predicted octanol–water partition coefficient (Wildman–Crippen LogP) is 1.26. The minimum Gasteiger partial charge on any atom is -0.291 e. The third-order valence-electron chi connectivity index (χ3n) is 0.749. The van der Waals surface area contributed by atoms with Crippen molar-refractivity contribution < 1.29 is 21.1 Å². The van der Waals surface area contributed by atoms with Crippen molar-refractivity contribution in [1.82, 2.24) is 4.98 Å². The van der Waals surface area contributed by atoms with Gasteiger partial charge >= 0.3 is 0 Å². The van der Waals surface area contributed by atoms with Crippen molar-refractivity contribution in [2.24, 2.45) is 0 Å². The Morgan fingerprint density at radius 1 is 1.25 bits per heavy atom. The maximum absolute atomic E-state index is 3.81. The fourth-order valence-electron chi connectivity index (χ4n) is 0.383. The first-order chi connectivity index (χ1) is 3.39. The first-order valence-corrected chi connectivity index (χ1v) is 2.11. The van der Waals surface area contributed by atoms with Gasteiger partial charge in [0.25, 0.3) is 0 Å². The van der Waals surface area contributed by atoms with Crippen LogP contribution < -0.4 is 0 Å². The summed E-state index contributed by atoms with van der Waals surface area (Å²) in [6, 6.07) is 3.72. The van der Waals surface area contributed by atoms with Crippen molar-refractivity contribution in [2.75, 3.05) is 0 Å². The number of hydrogen-bond acceptors (Lipinski definition) is 1. The summed E-state index contributed by atoms with van der Waals surface area (Å²) in [7, 11) is 0. The third kappa shape index (κ3) is 2.13. The van der Waals surface area contributed by atoms with E-state index in [0.29, 0.717) is 0 Å². The van der Waals surface area contributed by atoms with Crippen LogP contribution in [0.4, 0.5) is 0 Å². The summed E-state index contributed by atoms with van der Waals surface area (Å²) < 4.78 is 0. The van der Waals surface area contributed by atoms with Gasteiger partial charge in [-0.3, -0.25) is 4.98 Å². The van der Waals surface area contributed by atoms with Crippen molar-refractivity contribution >= 4 is 0 Å². The Balaban J connectivity index is 0.000000490. The molecular formula is C6H6NPt-. The second-order valence-electron chi connectivity index (χ2n) is 1.36. The molecule has 0 fully saturated rings. The molecule has 0 aromatic carbocycles. The Labute approximate surface area is 63.4 Å². The van der Waals surface area contributed by atoms with Gasteiger partial charge in [0.1, 0.15) is 0 Å². The van der Waals surface area contributed by atoms with E-state index in [1.54, 1.807) is 12.4 Å². The molecule has 1 heterocycles. The Hall–Kier alpha value is -0.292. The van der Waals surface area contributed by atoms with Crippen LogP contribution in [0.1, 0.15) is 5.56 Å². The minimum atomic E-state index is 0. The fraction of sp³-hybridized carbons (Fsp3) is 0. The number of aromatic nitrogens is 1. The Morgan fingerprint density at radius 3 is 2.00 bits per heavy atom. The van der Waals surface area contributed by atoms with Gasteiger partial charge in [-0.25, -0.2) is 0 Å². The van der Waals surface area contributed by atoms with Gasteiger partial charge in [0.15, 0.2) is 0 Å². The Morgan fingerprint density at radius 2 is 1.75 bits per heavy atom. The summed E-state index contributed by atoms with van der Waals surface area (Å²) >= 11 is 0. The van der Waals surface area contributed by atoms with E-state index in [4.69, 9.17) is 0 Å². The van der Waals surface area contributed by atoms with Gasteiger partial charge in [-0.1, -0.05) is 0 Å². The second-order valence-corrected chi connectivity index (χ2v) is 1.36. The molecule has 1 aromatic heterocycles. The zero-order valence-electron chi connectivity index (χ0n) is 4.28. The van der Waals surface area contributed by atoms with E-state index in [-0.39, 0.29) is 21.1 Å². The number of hydrogen-bond donors (Lipinski definition) is 0. The summed E-state index contributed by atoms with van der Waals surface area (Å²) in [5, 5.41) is 0. The second kappa shape index (κ2) is 3.68. The maximum atomic E-state index is 3.81. The van der Waals surface area contributed by atoms with E-state index in [2.05, 4.69) is 11.9 Å². The predicted molar refractivity (Wildman–Crippen MR) is 28.7 cm³/mol. The maximum Gasteiger partial charge on any atom is 0 e. The van der Waals surface area contributed by atoms with Crippen molar-refractivity contribution in [3.05, 3.63) is 37.0 Å². The van der Waals surface area contributed by atoms with Gasteiger partial charge < -0.3 is 0 Å². The quantitative estimate of drug-likeness (QED) is 0.655. The Kier molecular flexibility index (Phi) is 3.54. The summed E-state index contributed by atoms with van der Waals surface area (Å²) in [6.45, 7) is 3.68. The molecule has 0 aliphatic heterocycles. The normalized spacial score (nSPS) is 7.50. The molecule has 2 heteroatoms. The van der Waals surface area contributed by atoms with Gasteiger partial charge in [0.05, 0.1) is 0 Å². The van der Waals surface area contributed by atoms with E-state index in [1.165, 1.54) is 0 Å². The van der Waals surface area contributed by atoms with Gasteiger partial charge in [-0.05, 0) is 12.4 Å². The summed E-state index contributed by atoms with van der Waals surface area (Å²) in [4.78, 5) is 3.81. The molecule has 0 amide bonds. The van der Waals surface area contributed by atoms with E-state index in [1.807, 2.05) is 12.1 Å². The van der Waals surface area contributed by atoms with Crippen LogP contribution in [0.3, 0.4) is 0 Å². The summed E-state index contributed by atoms with van der Waals surface area (Å²) in [5.74, 6) is 0. The molecule has 1 nitrogen and oxygen atoms in total. The molecule has 0 saturated heterocycles. The van der Waals surface area contributed by atoms with Crippen LogP contribution in [0.25, 0.3) is 0 Å². The van der Waals surface area contributed by atoms with E-state index in [9.17, 15) is 0 Å². The molecule has 8 heavy (non-hydrogen) atoms. The molecule has 0 unspecified atom stereocenters. The molecule has 1 aromatic rings.